The Labute approximate surface area is 187 Å². The highest BCUT2D eigenvalue weighted by Crippen LogP contribution is 2.33. The van der Waals surface area contributed by atoms with Gasteiger partial charge >= 0.3 is 0 Å². The lowest BCUT2D eigenvalue weighted by Gasteiger charge is -2.11. The van der Waals surface area contributed by atoms with E-state index in [0.29, 0.717) is 12.4 Å². The SMILES string of the molecule is CCn1cc(CCNCc2cccc(Cl)c2)c2c(OCc3ccccc3)cc(F)cc21. The number of fused-ring (bicyclic) bond motifs is 1. The molecule has 0 saturated heterocycles. The molecule has 0 amide bonds. The van der Waals surface area contributed by atoms with Crippen LogP contribution in [0.25, 0.3) is 10.9 Å². The van der Waals surface area contributed by atoms with Crippen LogP contribution in [0.4, 0.5) is 4.39 Å². The van der Waals surface area contributed by atoms with Gasteiger partial charge in [0.2, 0.25) is 0 Å². The number of hydrogen-bond acceptors (Lipinski definition) is 2. The number of benzene rings is 3. The molecule has 0 radical (unpaired) electrons. The van der Waals surface area contributed by atoms with Crippen molar-refractivity contribution in [3.05, 3.63) is 100 Å². The second kappa shape index (κ2) is 9.99. The molecule has 4 aromatic rings. The number of halogens is 2. The van der Waals surface area contributed by atoms with Crippen molar-refractivity contribution in [3.63, 3.8) is 0 Å². The normalized spacial score (nSPS) is 11.2. The lowest BCUT2D eigenvalue weighted by molar-refractivity contribution is 0.308. The molecule has 160 valence electrons. The zero-order valence-corrected chi connectivity index (χ0v) is 18.3. The molecule has 31 heavy (non-hydrogen) atoms. The van der Waals surface area contributed by atoms with Gasteiger partial charge < -0.3 is 14.6 Å². The van der Waals surface area contributed by atoms with Crippen molar-refractivity contribution in [2.24, 2.45) is 0 Å². The van der Waals surface area contributed by atoms with Gasteiger partial charge in [0, 0.05) is 35.8 Å². The minimum absolute atomic E-state index is 0.283. The van der Waals surface area contributed by atoms with Crippen LogP contribution in [0, 0.1) is 5.82 Å². The smallest absolute Gasteiger partial charge is 0.132 e. The maximum Gasteiger partial charge on any atom is 0.132 e. The van der Waals surface area contributed by atoms with Crippen molar-refractivity contribution >= 4 is 22.5 Å². The summed E-state index contributed by atoms with van der Waals surface area (Å²) in [6.45, 7) is 4.79. The third kappa shape index (κ3) is 5.27. The van der Waals surface area contributed by atoms with E-state index in [1.807, 2.05) is 48.5 Å². The van der Waals surface area contributed by atoms with Gasteiger partial charge in [0.05, 0.1) is 5.52 Å². The largest absolute Gasteiger partial charge is 0.488 e. The van der Waals surface area contributed by atoms with E-state index in [-0.39, 0.29) is 5.82 Å². The molecule has 0 fully saturated rings. The van der Waals surface area contributed by atoms with E-state index in [1.165, 1.54) is 6.07 Å². The van der Waals surface area contributed by atoms with Crippen LogP contribution in [-0.2, 0) is 26.1 Å². The molecule has 3 nitrogen and oxygen atoms in total. The summed E-state index contributed by atoms with van der Waals surface area (Å²) < 4.78 is 22.5. The Balaban J connectivity index is 1.53. The van der Waals surface area contributed by atoms with Gasteiger partial charge in [0.25, 0.3) is 0 Å². The van der Waals surface area contributed by atoms with E-state index in [0.717, 1.165) is 58.7 Å². The summed E-state index contributed by atoms with van der Waals surface area (Å²) in [6, 6.07) is 20.9. The van der Waals surface area contributed by atoms with Crippen molar-refractivity contribution in [2.45, 2.75) is 33.0 Å². The van der Waals surface area contributed by atoms with Crippen LogP contribution < -0.4 is 10.1 Å². The Morgan fingerprint density at radius 1 is 1.00 bits per heavy atom. The van der Waals surface area contributed by atoms with E-state index in [1.54, 1.807) is 6.07 Å². The van der Waals surface area contributed by atoms with E-state index in [2.05, 4.69) is 29.1 Å². The third-order valence-corrected chi connectivity index (χ3v) is 5.59. The van der Waals surface area contributed by atoms with Gasteiger partial charge in [-0.3, -0.25) is 0 Å². The number of hydrogen-bond donors (Lipinski definition) is 1. The lowest BCUT2D eigenvalue weighted by Crippen LogP contribution is -2.16. The van der Waals surface area contributed by atoms with Gasteiger partial charge in [0.15, 0.2) is 0 Å². The van der Waals surface area contributed by atoms with Gasteiger partial charge in [-0.05, 0) is 54.8 Å². The molecule has 0 unspecified atom stereocenters. The predicted octanol–water partition coefficient (Wildman–Crippen LogP) is 6.37. The topological polar surface area (TPSA) is 26.2 Å². The van der Waals surface area contributed by atoms with Gasteiger partial charge in [-0.2, -0.15) is 0 Å². The molecule has 0 atom stereocenters. The van der Waals surface area contributed by atoms with Crippen LogP contribution in [-0.4, -0.2) is 11.1 Å². The van der Waals surface area contributed by atoms with Crippen LogP contribution in [0.1, 0.15) is 23.6 Å². The second-order valence-electron chi connectivity index (χ2n) is 7.57. The highest BCUT2D eigenvalue weighted by molar-refractivity contribution is 6.30. The Morgan fingerprint density at radius 2 is 1.81 bits per heavy atom. The fraction of sp³-hybridized carbons (Fsp3) is 0.231. The van der Waals surface area contributed by atoms with E-state index in [4.69, 9.17) is 16.3 Å². The first-order valence-corrected chi connectivity index (χ1v) is 10.9. The fourth-order valence-corrected chi connectivity index (χ4v) is 4.06. The minimum atomic E-state index is -0.283. The molecule has 0 aliphatic carbocycles. The molecule has 1 aromatic heterocycles. The first-order chi connectivity index (χ1) is 15.1. The molecule has 0 bridgehead atoms. The van der Waals surface area contributed by atoms with Crippen LogP contribution in [0.3, 0.4) is 0 Å². The Hall–Kier alpha value is -2.82. The van der Waals surface area contributed by atoms with Crippen molar-refractivity contribution in [1.82, 2.24) is 9.88 Å². The van der Waals surface area contributed by atoms with Crippen molar-refractivity contribution in [2.75, 3.05) is 6.54 Å². The van der Waals surface area contributed by atoms with Crippen LogP contribution in [0.2, 0.25) is 5.02 Å². The summed E-state index contributed by atoms with van der Waals surface area (Å²) in [5.41, 5.74) is 4.23. The molecule has 0 aliphatic rings. The highest BCUT2D eigenvalue weighted by atomic mass is 35.5. The summed E-state index contributed by atoms with van der Waals surface area (Å²) in [5.74, 6) is 0.310. The van der Waals surface area contributed by atoms with Crippen LogP contribution >= 0.6 is 11.6 Å². The zero-order chi connectivity index (χ0) is 21.6. The van der Waals surface area contributed by atoms with E-state index >= 15 is 0 Å². The average molecular weight is 437 g/mol. The fourth-order valence-electron chi connectivity index (χ4n) is 3.84. The third-order valence-electron chi connectivity index (χ3n) is 5.36. The molecule has 1 N–H and O–H groups in total. The monoisotopic (exact) mass is 436 g/mol. The zero-order valence-electron chi connectivity index (χ0n) is 17.6. The summed E-state index contributed by atoms with van der Waals surface area (Å²) in [5, 5.41) is 5.21. The molecule has 0 saturated carbocycles. The van der Waals surface area contributed by atoms with Crippen LogP contribution in [0.15, 0.2) is 72.9 Å². The number of rotatable bonds is 9. The highest BCUT2D eigenvalue weighted by Gasteiger charge is 2.15. The van der Waals surface area contributed by atoms with Gasteiger partial charge in [-0.15, -0.1) is 0 Å². The Morgan fingerprint density at radius 3 is 2.58 bits per heavy atom. The van der Waals surface area contributed by atoms with E-state index < -0.39 is 0 Å². The molecule has 0 aliphatic heterocycles. The predicted molar refractivity (Wildman–Crippen MR) is 125 cm³/mol. The Bertz CT molecular complexity index is 1160. The van der Waals surface area contributed by atoms with Gasteiger partial charge in [0.1, 0.15) is 18.2 Å². The quantitative estimate of drug-likeness (QED) is 0.309. The van der Waals surface area contributed by atoms with Crippen LogP contribution in [0.5, 0.6) is 5.75 Å². The molecular formula is C26H26ClFN2O. The summed E-state index contributed by atoms with van der Waals surface area (Å²) in [7, 11) is 0. The summed E-state index contributed by atoms with van der Waals surface area (Å²) >= 11 is 6.07. The lowest BCUT2D eigenvalue weighted by atomic mass is 10.1. The number of nitrogens with zero attached hydrogens (tertiary/aromatic N) is 1. The molecule has 5 heteroatoms. The van der Waals surface area contributed by atoms with Crippen molar-refractivity contribution in [1.29, 1.82) is 0 Å². The number of aryl methyl sites for hydroxylation is 1. The number of ether oxygens (including phenoxy) is 1. The summed E-state index contributed by atoms with van der Waals surface area (Å²) in [4.78, 5) is 0. The van der Waals surface area contributed by atoms with Crippen molar-refractivity contribution in [3.8, 4) is 5.75 Å². The first-order valence-electron chi connectivity index (χ1n) is 10.6. The summed E-state index contributed by atoms with van der Waals surface area (Å²) in [6.07, 6.45) is 2.93. The molecule has 0 spiro atoms. The molecule has 3 aromatic carbocycles. The molecule has 4 rings (SSSR count). The standard InChI is InChI=1S/C26H26ClFN2O/c1-2-30-17-21(11-12-29-16-20-9-6-10-22(27)13-20)26-24(30)14-23(28)15-25(26)31-18-19-7-4-3-5-8-19/h3-10,13-15,17,29H,2,11-12,16,18H2,1H3. The number of nitrogens with one attached hydrogen (secondary N) is 1. The minimum Gasteiger partial charge on any atom is -0.488 e. The number of aromatic nitrogens is 1. The maximum atomic E-state index is 14.4. The average Bonchev–Trinajstić information content (AvgIpc) is 3.13. The van der Waals surface area contributed by atoms with Gasteiger partial charge in [-0.25, -0.2) is 4.39 Å². The Kier molecular flexibility index (Phi) is 6.90. The first kappa shape index (κ1) is 21.4. The maximum absolute atomic E-state index is 14.4. The van der Waals surface area contributed by atoms with Gasteiger partial charge in [-0.1, -0.05) is 54.1 Å². The second-order valence-corrected chi connectivity index (χ2v) is 8.01. The van der Waals surface area contributed by atoms with E-state index in [9.17, 15) is 4.39 Å². The van der Waals surface area contributed by atoms with Crippen molar-refractivity contribution < 1.29 is 9.13 Å². The molecule has 1 heterocycles. The molecular weight excluding hydrogens is 411 g/mol.